The third kappa shape index (κ3) is 6.25. The number of hydrogen-bond acceptors (Lipinski definition) is 6. The normalized spacial score (nSPS) is 16.2. The van der Waals surface area contributed by atoms with Crippen LogP contribution < -0.4 is 20.1 Å². The number of aliphatic hydroxyl groups excluding tert-OH is 1. The zero-order valence-corrected chi connectivity index (χ0v) is 20.2. The molecular formula is C27H28FN5O4. The lowest BCUT2D eigenvalue weighted by Gasteiger charge is -2.20. The maximum absolute atomic E-state index is 14.6. The van der Waals surface area contributed by atoms with E-state index in [1.54, 1.807) is 30.5 Å². The van der Waals surface area contributed by atoms with Gasteiger partial charge < -0.3 is 30.1 Å². The lowest BCUT2D eigenvalue weighted by molar-refractivity contribution is 0.0762. The summed E-state index contributed by atoms with van der Waals surface area (Å²) in [4.78, 5) is 22.0. The molecule has 1 saturated heterocycles. The molecule has 1 aliphatic carbocycles. The number of hydrogen-bond donors (Lipinski definition) is 3. The monoisotopic (exact) mass is 505 g/mol. The lowest BCUT2D eigenvalue weighted by atomic mass is 10.1. The molecule has 0 radical (unpaired) electrons. The van der Waals surface area contributed by atoms with E-state index in [-0.39, 0.29) is 29.8 Å². The fourth-order valence-electron chi connectivity index (χ4n) is 4.29. The van der Waals surface area contributed by atoms with E-state index in [9.17, 15) is 14.3 Å². The minimum atomic E-state index is -0.665. The van der Waals surface area contributed by atoms with Gasteiger partial charge in [0.05, 0.1) is 17.8 Å². The lowest BCUT2D eigenvalue weighted by Crippen LogP contribution is -2.33. The number of likely N-dealkylation sites (tertiary alicyclic amines) is 1. The Morgan fingerprint density at radius 2 is 2.03 bits per heavy atom. The first kappa shape index (κ1) is 24.7. The Balaban J connectivity index is 1.29. The van der Waals surface area contributed by atoms with Crippen LogP contribution in [-0.4, -0.2) is 59.4 Å². The summed E-state index contributed by atoms with van der Waals surface area (Å²) in [6.45, 7) is 10.2. The van der Waals surface area contributed by atoms with Gasteiger partial charge in [-0.2, -0.15) is 0 Å². The van der Waals surface area contributed by atoms with Crippen LogP contribution in [0, 0.1) is 12.4 Å². The molecule has 3 aromatic rings. The molecule has 9 nitrogen and oxygen atoms in total. The maximum Gasteiger partial charge on any atom is 0.319 e. The van der Waals surface area contributed by atoms with Gasteiger partial charge in [0.2, 0.25) is 5.69 Å². The number of nitrogens with zero attached hydrogens (tertiary/aromatic N) is 3. The van der Waals surface area contributed by atoms with E-state index in [0.717, 1.165) is 38.8 Å². The Labute approximate surface area is 214 Å². The van der Waals surface area contributed by atoms with Crippen molar-refractivity contribution >= 4 is 28.3 Å². The topological polar surface area (TPSA) is 100 Å². The van der Waals surface area contributed by atoms with Gasteiger partial charge >= 0.3 is 6.03 Å². The number of fused-ring (bicyclic) bond motifs is 1. The van der Waals surface area contributed by atoms with Crippen LogP contribution in [0.15, 0.2) is 42.6 Å². The molecule has 0 unspecified atom stereocenters. The quantitative estimate of drug-likeness (QED) is 0.360. The van der Waals surface area contributed by atoms with Gasteiger partial charge in [-0.1, -0.05) is 0 Å². The molecule has 5 rings (SSSR count). The fraction of sp³-hybridized carbons (Fsp3) is 0.370. The maximum atomic E-state index is 14.6. The number of carbonyl (C=O) groups excluding carboxylic acids is 1. The molecule has 10 heteroatoms. The van der Waals surface area contributed by atoms with Crippen molar-refractivity contribution in [1.82, 2.24) is 15.2 Å². The number of urea groups is 1. The smallest absolute Gasteiger partial charge is 0.319 e. The molecule has 2 aliphatic rings. The van der Waals surface area contributed by atoms with Crippen molar-refractivity contribution in [1.29, 1.82) is 0 Å². The highest BCUT2D eigenvalue weighted by molar-refractivity contribution is 5.91. The predicted octanol–water partition coefficient (Wildman–Crippen LogP) is 4.84. The Morgan fingerprint density at radius 3 is 2.76 bits per heavy atom. The number of ether oxygens (including phenoxy) is 2. The van der Waals surface area contributed by atoms with Gasteiger partial charge in [-0.05, 0) is 69.1 Å². The van der Waals surface area contributed by atoms with Gasteiger partial charge in [0.1, 0.15) is 35.8 Å². The fourth-order valence-corrected chi connectivity index (χ4v) is 4.29. The number of benzene rings is 2. The largest absolute Gasteiger partial charge is 0.502 e. The first-order valence-corrected chi connectivity index (χ1v) is 12.4. The van der Waals surface area contributed by atoms with Gasteiger partial charge in [0.25, 0.3) is 0 Å². The minimum Gasteiger partial charge on any atom is -0.502 e. The molecule has 0 spiro atoms. The number of carbonyl (C=O) groups is 1. The van der Waals surface area contributed by atoms with Crippen LogP contribution in [0.5, 0.6) is 17.2 Å². The molecular weight excluding hydrogens is 477 g/mol. The van der Waals surface area contributed by atoms with E-state index in [0.29, 0.717) is 28.9 Å². The highest BCUT2D eigenvalue weighted by atomic mass is 19.1. The van der Waals surface area contributed by atoms with Crippen LogP contribution in [0.3, 0.4) is 0 Å². The van der Waals surface area contributed by atoms with Crippen LogP contribution >= 0.6 is 0 Å². The molecule has 1 saturated carbocycles. The van der Waals surface area contributed by atoms with Crippen molar-refractivity contribution in [3.8, 4) is 17.2 Å². The van der Waals surface area contributed by atoms with Crippen molar-refractivity contribution < 1.29 is 23.8 Å². The Kier molecular flexibility index (Phi) is 7.35. The first-order chi connectivity index (χ1) is 18.0. The van der Waals surface area contributed by atoms with E-state index < -0.39 is 18.0 Å². The number of halogens is 1. The van der Waals surface area contributed by atoms with E-state index in [1.807, 2.05) is 0 Å². The third-order valence-electron chi connectivity index (χ3n) is 6.33. The number of pyridine rings is 1. The Hall–Kier alpha value is -3.94. The van der Waals surface area contributed by atoms with Crippen molar-refractivity contribution in [3.63, 3.8) is 0 Å². The number of anilines is 1. The van der Waals surface area contributed by atoms with Gasteiger partial charge in [-0.25, -0.2) is 14.0 Å². The standard InChI is InChI=1S/C27H28FN5O4/c1-29-24-13-20-23(14-26(24)36-16-18(34)15-33-10-2-3-11-33)30-9-8-25(20)37-19-6-7-22(21(28)12-19)32-27(35)31-17-4-5-17/h6-9,12-14,17-18,34H,2-5,10-11,15-16H2,(H2,31,32,35)/t18-/m1/s1. The molecule has 1 atom stereocenters. The second-order valence-corrected chi connectivity index (χ2v) is 9.35. The molecule has 2 aromatic carbocycles. The number of aliphatic hydroxyl groups is 1. The van der Waals surface area contributed by atoms with Gasteiger partial charge in [-0.3, -0.25) is 4.98 Å². The van der Waals surface area contributed by atoms with Crippen LogP contribution in [0.4, 0.5) is 20.6 Å². The molecule has 0 bridgehead atoms. The molecule has 2 heterocycles. The zero-order chi connectivity index (χ0) is 25.8. The minimum absolute atomic E-state index is 0.0501. The van der Waals surface area contributed by atoms with Crippen molar-refractivity contribution in [2.75, 3.05) is 31.6 Å². The number of aromatic nitrogens is 1. The van der Waals surface area contributed by atoms with Crippen molar-refractivity contribution in [3.05, 3.63) is 59.8 Å². The van der Waals surface area contributed by atoms with Crippen LogP contribution in [0.1, 0.15) is 25.7 Å². The zero-order valence-electron chi connectivity index (χ0n) is 20.2. The highest BCUT2D eigenvalue weighted by Crippen LogP contribution is 2.38. The van der Waals surface area contributed by atoms with Crippen LogP contribution in [0.25, 0.3) is 15.7 Å². The second kappa shape index (κ2) is 11.0. The molecule has 192 valence electrons. The SMILES string of the molecule is [C-]#[N+]c1cc2c(Oc3ccc(NC(=O)NC4CC4)c(F)c3)ccnc2cc1OC[C@H](O)CN1CCCC1. The summed E-state index contributed by atoms with van der Waals surface area (Å²) in [6, 6.07) is 8.78. The van der Waals surface area contributed by atoms with E-state index in [2.05, 4.69) is 25.4 Å². The summed E-state index contributed by atoms with van der Waals surface area (Å²) in [6.07, 6.45) is 5.04. The summed E-state index contributed by atoms with van der Waals surface area (Å²) in [5.74, 6) is 0.320. The van der Waals surface area contributed by atoms with Crippen molar-refractivity contribution in [2.24, 2.45) is 0 Å². The first-order valence-electron chi connectivity index (χ1n) is 12.4. The number of amides is 2. The van der Waals surface area contributed by atoms with E-state index in [1.165, 1.54) is 12.1 Å². The van der Waals surface area contributed by atoms with Gasteiger partial charge in [-0.15, -0.1) is 0 Å². The van der Waals surface area contributed by atoms with Gasteiger partial charge in [0, 0.05) is 30.2 Å². The third-order valence-corrected chi connectivity index (χ3v) is 6.33. The number of rotatable bonds is 9. The van der Waals surface area contributed by atoms with Crippen LogP contribution in [0.2, 0.25) is 0 Å². The summed E-state index contributed by atoms with van der Waals surface area (Å²) in [5, 5.41) is 16.2. The van der Waals surface area contributed by atoms with Crippen LogP contribution in [-0.2, 0) is 0 Å². The van der Waals surface area contributed by atoms with E-state index >= 15 is 0 Å². The van der Waals surface area contributed by atoms with Gasteiger partial charge in [0.15, 0.2) is 0 Å². The predicted molar refractivity (Wildman–Crippen MR) is 137 cm³/mol. The molecule has 1 aliphatic heterocycles. The summed E-state index contributed by atoms with van der Waals surface area (Å²) < 4.78 is 26.3. The molecule has 3 N–H and O–H groups in total. The summed E-state index contributed by atoms with van der Waals surface area (Å²) in [7, 11) is 0. The Morgan fingerprint density at radius 1 is 1.22 bits per heavy atom. The van der Waals surface area contributed by atoms with E-state index in [4.69, 9.17) is 16.0 Å². The average Bonchev–Trinajstić information content (AvgIpc) is 3.55. The summed E-state index contributed by atoms with van der Waals surface area (Å²) >= 11 is 0. The molecule has 1 aromatic heterocycles. The highest BCUT2D eigenvalue weighted by Gasteiger charge is 2.23. The molecule has 2 fully saturated rings. The number of nitrogens with one attached hydrogen (secondary N) is 2. The Bertz CT molecular complexity index is 1330. The molecule has 2 amide bonds. The number of β-amino-alcohol motifs (C(OH)–C–C–N with tert-alkyl or cyclic N) is 1. The van der Waals surface area contributed by atoms with Crippen molar-refractivity contribution in [2.45, 2.75) is 37.8 Å². The summed E-state index contributed by atoms with van der Waals surface area (Å²) in [5.41, 5.74) is 0.838. The second-order valence-electron chi connectivity index (χ2n) is 9.35. The molecule has 37 heavy (non-hydrogen) atoms. The average molecular weight is 506 g/mol.